The monoisotopic (exact) mass is 280 g/mol. The summed E-state index contributed by atoms with van der Waals surface area (Å²) in [5, 5.41) is 4.08. The van der Waals surface area contributed by atoms with Crippen molar-refractivity contribution in [3.05, 3.63) is 16.5 Å². The zero-order valence-electron chi connectivity index (χ0n) is 11.6. The normalized spacial score (nSPS) is 23.8. The van der Waals surface area contributed by atoms with Gasteiger partial charge in [0.15, 0.2) is 0 Å². The number of anilines is 1. The van der Waals surface area contributed by atoms with Gasteiger partial charge in [0.25, 0.3) is 0 Å². The minimum absolute atomic E-state index is 0.538. The lowest BCUT2D eigenvalue weighted by Gasteiger charge is -2.15. The minimum atomic E-state index is 0.538. The molecule has 1 unspecified atom stereocenters. The Hall–Kier alpha value is -0.870. The lowest BCUT2D eigenvalue weighted by atomic mass is 10.1. The molecule has 5 heteroatoms. The summed E-state index contributed by atoms with van der Waals surface area (Å²) < 4.78 is 0. The lowest BCUT2D eigenvalue weighted by molar-refractivity contribution is 0.399. The molecule has 104 valence electrons. The van der Waals surface area contributed by atoms with Gasteiger partial charge in [0.05, 0.1) is 0 Å². The van der Waals surface area contributed by atoms with Crippen LogP contribution in [0.25, 0.3) is 0 Å². The van der Waals surface area contributed by atoms with Gasteiger partial charge in [0, 0.05) is 24.6 Å². The Kier molecular flexibility index (Phi) is 3.63. The quantitative estimate of drug-likeness (QED) is 0.861. The molecule has 4 nitrogen and oxygen atoms in total. The predicted molar refractivity (Wildman–Crippen MR) is 77.8 cm³/mol. The van der Waals surface area contributed by atoms with Gasteiger partial charge in [-0.1, -0.05) is 11.6 Å². The van der Waals surface area contributed by atoms with E-state index in [0.717, 1.165) is 23.8 Å². The predicted octanol–water partition coefficient (Wildman–Crippen LogP) is 2.68. The third-order valence-electron chi connectivity index (χ3n) is 4.09. The second-order valence-electron chi connectivity index (χ2n) is 5.92. The van der Waals surface area contributed by atoms with Gasteiger partial charge in [-0.05, 0) is 45.7 Å². The second kappa shape index (κ2) is 5.25. The highest BCUT2D eigenvalue weighted by atomic mass is 35.5. The number of nitrogens with zero attached hydrogens (tertiary/aromatic N) is 3. The Balaban J connectivity index is 1.69. The van der Waals surface area contributed by atoms with E-state index in [1.54, 1.807) is 0 Å². The van der Waals surface area contributed by atoms with Gasteiger partial charge in [0.2, 0.25) is 0 Å². The topological polar surface area (TPSA) is 41.1 Å². The minimum Gasteiger partial charge on any atom is -0.369 e. The summed E-state index contributed by atoms with van der Waals surface area (Å²) in [7, 11) is 2.18. The van der Waals surface area contributed by atoms with Crippen LogP contribution < -0.4 is 5.32 Å². The highest BCUT2D eigenvalue weighted by Gasteiger charge is 2.28. The number of hydrogen-bond acceptors (Lipinski definition) is 4. The maximum Gasteiger partial charge on any atom is 0.137 e. The molecule has 0 spiro atoms. The molecule has 1 N–H and O–H groups in total. The molecule has 3 rings (SSSR count). The van der Waals surface area contributed by atoms with E-state index >= 15 is 0 Å². The van der Waals surface area contributed by atoms with Crippen LogP contribution in [-0.2, 0) is 0 Å². The van der Waals surface area contributed by atoms with Gasteiger partial charge in [0.1, 0.15) is 16.8 Å². The largest absolute Gasteiger partial charge is 0.369 e. The average Bonchev–Trinajstić information content (AvgIpc) is 3.15. The molecule has 0 aromatic carbocycles. The molecule has 0 radical (unpaired) electrons. The maximum atomic E-state index is 6.21. The zero-order valence-corrected chi connectivity index (χ0v) is 12.4. The van der Waals surface area contributed by atoms with Crippen molar-refractivity contribution >= 4 is 17.4 Å². The van der Waals surface area contributed by atoms with E-state index in [0.29, 0.717) is 17.0 Å². The van der Waals surface area contributed by atoms with E-state index in [1.165, 1.54) is 32.4 Å². The van der Waals surface area contributed by atoms with Crippen LogP contribution in [0.3, 0.4) is 0 Å². The van der Waals surface area contributed by atoms with Crippen molar-refractivity contribution in [3.8, 4) is 0 Å². The summed E-state index contributed by atoms with van der Waals surface area (Å²) in [4.78, 5) is 11.4. The van der Waals surface area contributed by atoms with Crippen LogP contribution in [0.5, 0.6) is 0 Å². The number of rotatable bonds is 4. The molecule has 1 atom stereocenters. The first kappa shape index (κ1) is 13.1. The van der Waals surface area contributed by atoms with Crippen molar-refractivity contribution in [2.45, 2.75) is 32.1 Å². The van der Waals surface area contributed by atoms with Crippen LogP contribution in [0.1, 0.15) is 36.6 Å². The molecule has 0 bridgehead atoms. The maximum absolute atomic E-state index is 6.21. The van der Waals surface area contributed by atoms with E-state index in [9.17, 15) is 0 Å². The molecule has 2 heterocycles. The van der Waals surface area contributed by atoms with Crippen molar-refractivity contribution in [1.29, 1.82) is 0 Å². The van der Waals surface area contributed by atoms with Gasteiger partial charge in [-0.25, -0.2) is 9.97 Å². The number of nitrogens with one attached hydrogen (secondary N) is 1. The van der Waals surface area contributed by atoms with Crippen molar-refractivity contribution in [2.75, 3.05) is 32.0 Å². The standard InChI is InChI=1S/C14H21ClN4/c1-9-12(15)17-14(11-3-4-11)18-13(9)16-7-10-5-6-19(2)8-10/h10-11H,3-8H2,1-2H3,(H,16,17,18). The summed E-state index contributed by atoms with van der Waals surface area (Å²) in [5.41, 5.74) is 0.970. The molecule has 1 saturated carbocycles. The molecule has 1 aromatic heterocycles. The Morgan fingerprint density at radius 3 is 2.74 bits per heavy atom. The van der Waals surface area contributed by atoms with Crippen molar-refractivity contribution in [1.82, 2.24) is 14.9 Å². The summed E-state index contributed by atoms with van der Waals surface area (Å²) >= 11 is 6.21. The van der Waals surface area contributed by atoms with Gasteiger partial charge in [-0.15, -0.1) is 0 Å². The first-order chi connectivity index (χ1) is 9.13. The summed E-state index contributed by atoms with van der Waals surface area (Å²) in [6.45, 7) is 5.33. The van der Waals surface area contributed by atoms with Gasteiger partial charge < -0.3 is 10.2 Å². The van der Waals surface area contributed by atoms with Crippen LogP contribution in [0, 0.1) is 12.8 Å². The molecule has 19 heavy (non-hydrogen) atoms. The summed E-state index contributed by atoms with van der Waals surface area (Å²) in [5.74, 6) is 3.09. The summed E-state index contributed by atoms with van der Waals surface area (Å²) in [6.07, 6.45) is 3.66. The van der Waals surface area contributed by atoms with Gasteiger partial charge >= 0.3 is 0 Å². The van der Waals surface area contributed by atoms with Crippen molar-refractivity contribution in [3.63, 3.8) is 0 Å². The molecule has 1 aliphatic carbocycles. The molecule has 1 saturated heterocycles. The van der Waals surface area contributed by atoms with Crippen molar-refractivity contribution in [2.24, 2.45) is 5.92 Å². The fourth-order valence-electron chi connectivity index (χ4n) is 2.64. The second-order valence-corrected chi connectivity index (χ2v) is 6.28. The molecule has 1 aromatic rings. The highest BCUT2D eigenvalue weighted by molar-refractivity contribution is 6.30. The third kappa shape index (κ3) is 3.00. The van der Waals surface area contributed by atoms with E-state index in [1.807, 2.05) is 6.92 Å². The molecule has 0 amide bonds. The molecular formula is C14H21ClN4. The number of halogens is 1. The van der Waals surface area contributed by atoms with E-state index in [-0.39, 0.29) is 0 Å². The summed E-state index contributed by atoms with van der Waals surface area (Å²) in [6, 6.07) is 0. The molecule has 2 fully saturated rings. The first-order valence-electron chi connectivity index (χ1n) is 7.10. The van der Waals surface area contributed by atoms with E-state index in [4.69, 9.17) is 11.6 Å². The smallest absolute Gasteiger partial charge is 0.137 e. The van der Waals surface area contributed by atoms with Crippen LogP contribution in [-0.4, -0.2) is 41.5 Å². The van der Waals surface area contributed by atoms with Gasteiger partial charge in [-0.3, -0.25) is 0 Å². The zero-order chi connectivity index (χ0) is 13.4. The van der Waals surface area contributed by atoms with Crippen LogP contribution >= 0.6 is 11.6 Å². The van der Waals surface area contributed by atoms with Crippen molar-refractivity contribution < 1.29 is 0 Å². The van der Waals surface area contributed by atoms with Gasteiger partial charge in [-0.2, -0.15) is 0 Å². The first-order valence-corrected chi connectivity index (χ1v) is 7.47. The third-order valence-corrected chi connectivity index (χ3v) is 4.46. The fraction of sp³-hybridized carbons (Fsp3) is 0.714. The lowest BCUT2D eigenvalue weighted by Crippen LogP contribution is -2.20. The Labute approximate surface area is 119 Å². The Morgan fingerprint density at radius 1 is 1.32 bits per heavy atom. The number of hydrogen-bond donors (Lipinski definition) is 1. The molecule has 1 aliphatic heterocycles. The number of likely N-dealkylation sites (tertiary alicyclic amines) is 1. The Bertz CT molecular complexity index is 473. The SMILES string of the molecule is Cc1c(Cl)nc(C2CC2)nc1NCC1CCN(C)C1. The van der Waals surface area contributed by atoms with Crippen LogP contribution in [0.2, 0.25) is 5.15 Å². The molecular weight excluding hydrogens is 260 g/mol. The van der Waals surface area contributed by atoms with E-state index < -0.39 is 0 Å². The Morgan fingerprint density at radius 2 is 2.11 bits per heavy atom. The van der Waals surface area contributed by atoms with E-state index in [2.05, 4.69) is 27.2 Å². The highest BCUT2D eigenvalue weighted by Crippen LogP contribution is 2.39. The fourth-order valence-corrected chi connectivity index (χ4v) is 2.81. The average molecular weight is 281 g/mol. The molecule has 2 aliphatic rings. The number of aromatic nitrogens is 2. The van der Waals surface area contributed by atoms with Crippen LogP contribution in [0.15, 0.2) is 0 Å². The van der Waals surface area contributed by atoms with Crippen LogP contribution in [0.4, 0.5) is 5.82 Å².